The van der Waals surface area contributed by atoms with E-state index < -0.39 is 10.0 Å². The van der Waals surface area contributed by atoms with Crippen LogP contribution in [0.1, 0.15) is 25.3 Å². The molecule has 0 aliphatic carbocycles. The van der Waals surface area contributed by atoms with E-state index in [1.165, 1.54) is 22.0 Å². The Balaban J connectivity index is 1.70. The van der Waals surface area contributed by atoms with E-state index in [1.54, 1.807) is 29.2 Å². The van der Waals surface area contributed by atoms with Gasteiger partial charge in [-0.15, -0.1) is 0 Å². The van der Waals surface area contributed by atoms with Gasteiger partial charge in [-0.3, -0.25) is 4.79 Å². The number of benzene rings is 1. The second-order valence-electron chi connectivity index (χ2n) is 6.94. The van der Waals surface area contributed by atoms with Crippen LogP contribution in [0.3, 0.4) is 0 Å². The molecule has 3 rings (SSSR count). The Labute approximate surface area is 144 Å². The van der Waals surface area contributed by atoms with Crippen molar-refractivity contribution >= 4 is 15.9 Å². The molecule has 1 N–H and O–H groups in total. The molecule has 0 saturated carbocycles. The van der Waals surface area contributed by atoms with Crippen LogP contribution in [0.25, 0.3) is 0 Å². The van der Waals surface area contributed by atoms with Gasteiger partial charge in [0.25, 0.3) is 5.91 Å². The van der Waals surface area contributed by atoms with Crippen molar-refractivity contribution in [3.05, 3.63) is 29.8 Å². The van der Waals surface area contributed by atoms with Gasteiger partial charge in [-0.05, 0) is 26.0 Å². The summed E-state index contributed by atoms with van der Waals surface area (Å²) in [6.45, 7) is 6.92. The van der Waals surface area contributed by atoms with Crippen LogP contribution in [0.2, 0.25) is 0 Å². The van der Waals surface area contributed by atoms with Crippen molar-refractivity contribution < 1.29 is 18.1 Å². The summed E-state index contributed by atoms with van der Waals surface area (Å²) in [4.78, 5) is 15.9. The molecular weight excluding hydrogens is 326 g/mol. The second kappa shape index (κ2) is 6.82. The van der Waals surface area contributed by atoms with Crippen molar-refractivity contribution in [1.29, 1.82) is 0 Å². The SMILES string of the molecule is Cc1ccc(S(=O)(=O)N2C[C@H](C)N(C(=O)C[NH+]3CCCC3)C2)cc1. The molecule has 0 aromatic heterocycles. The van der Waals surface area contributed by atoms with Crippen LogP contribution in [0.5, 0.6) is 0 Å². The van der Waals surface area contributed by atoms with Crippen LogP contribution in [0.15, 0.2) is 29.2 Å². The zero-order chi connectivity index (χ0) is 17.3. The average molecular weight is 352 g/mol. The van der Waals surface area contributed by atoms with Gasteiger partial charge in [-0.2, -0.15) is 4.31 Å². The molecule has 0 unspecified atom stereocenters. The number of aryl methyl sites for hydroxylation is 1. The molecule has 0 spiro atoms. The van der Waals surface area contributed by atoms with E-state index in [9.17, 15) is 13.2 Å². The van der Waals surface area contributed by atoms with E-state index in [2.05, 4.69) is 0 Å². The minimum Gasteiger partial charge on any atom is -0.327 e. The summed E-state index contributed by atoms with van der Waals surface area (Å²) in [7, 11) is -3.55. The lowest BCUT2D eigenvalue weighted by Crippen LogP contribution is -3.11. The zero-order valence-corrected chi connectivity index (χ0v) is 15.2. The summed E-state index contributed by atoms with van der Waals surface area (Å²) < 4.78 is 27.0. The summed E-state index contributed by atoms with van der Waals surface area (Å²) in [6.07, 6.45) is 2.35. The highest BCUT2D eigenvalue weighted by atomic mass is 32.2. The standard InChI is InChI=1S/C17H25N3O3S/c1-14-5-7-16(8-6-14)24(22,23)19-11-15(2)20(13-19)17(21)12-18-9-3-4-10-18/h5-8,15H,3-4,9-13H2,1-2H3/p+1/t15-/m0/s1. The zero-order valence-electron chi connectivity index (χ0n) is 14.4. The van der Waals surface area contributed by atoms with Crippen LogP contribution in [-0.2, 0) is 14.8 Å². The van der Waals surface area contributed by atoms with Gasteiger partial charge in [-0.25, -0.2) is 8.42 Å². The summed E-state index contributed by atoms with van der Waals surface area (Å²) in [5.74, 6) is 0.0565. The maximum atomic E-state index is 12.8. The van der Waals surface area contributed by atoms with Crippen molar-refractivity contribution in [3.63, 3.8) is 0 Å². The molecule has 7 heteroatoms. The Morgan fingerprint density at radius 3 is 2.46 bits per heavy atom. The topological polar surface area (TPSA) is 62.1 Å². The van der Waals surface area contributed by atoms with E-state index in [4.69, 9.17) is 0 Å². The molecular formula is C17H26N3O3S+. The number of nitrogens with zero attached hydrogens (tertiary/aromatic N) is 2. The highest BCUT2D eigenvalue weighted by Gasteiger charge is 2.39. The minimum atomic E-state index is -3.55. The maximum Gasteiger partial charge on any atom is 0.279 e. The Kier molecular flexibility index (Phi) is 4.94. The van der Waals surface area contributed by atoms with Crippen LogP contribution in [-0.4, -0.2) is 62.4 Å². The first-order valence-electron chi connectivity index (χ1n) is 8.58. The normalized spacial score (nSPS) is 23.1. The lowest BCUT2D eigenvalue weighted by molar-refractivity contribution is -0.879. The van der Waals surface area contributed by atoms with Crippen LogP contribution in [0, 0.1) is 6.92 Å². The van der Waals surface area contributed by atoms with Crippen molar-refractivity contribution in [1.82, 2.24) is 9.21 Å². The first-order chi connectivity index (χ1) is 11.4. The molecule has 132 valence electrons. The van der Waals surface area contributed by atoms with Crippen LogP contribution in [0.4, 0.5) is 0 Å². The molecule has 6 nitrogen and oxygen atoms in total. The maximum absolute atomic E-state index is 12.8. The van der Waals surface area contributed by atoms with E-state index in [-0.39, 0.29) is 18.6 Å². The lowest BCUT2D eigenvalue weighted by Gasteiger charge is -2.22. The van der Waals surface area contributed by atoms with Crippen molar-refractivity contribution in [2.24, 2.45) is 0 Å². The van der Waals surface area contributed by atoms with Crippen molar-refractivity contribution in [2.75, 3.05) is 32.8 Å². The quantitative estimate of drug-likeness (QED) is 0.820. The molecule has 24 heavy (non-hydrogen) atoms. The molecule has 2 fully saturated rings. The van der Waals surface area contributed by atoms with Gasteiger partial charge >= 0.3 is 0 Å². The number of likely N-dealkylation sites (tertiary alicyclic amines) is 1. The smallest absolute Gasteiger partial charge is 0.279 e. The van der Waals surface area contributed by atoms with Gasteiger partial charge < -0.3 is 9.80 Å². The highest BCUT2D eigenvalue weighted by Crippen LogP contribution is 2.22. The number of rotatable bonds is 4. The molecule has 2 saturated heterocycles. The molecule has 2 heterocycles. The minimum absolute atomic E-state index is 0.0565. The molecule has 1 amide bonds. The lowest BCUT2D eigenvalue weighted by atomic mass is 10.2. The van der Waals surface area contributed by atoms with Crippen LogP contribution < -0.4 is 4.90 Å². The van der Waals surface area contributed by atoms with E-state index in [0.29, 0.717) is 18.0 Å². The van der Waals surface area contributed by atoms with Crippen molar-refractivity contribution in [2.45, 2.75) is 37.6 Å². The fourth-order valence-corrected chi connectivity index (χ4v) is 4.95. The fraction of sp³-hybridized carbons (Fsp3) is 0.588. The fourth-order valence-electron chi connectivity index (χ4n) is 3.49. The first kappa shape index (κ1) is 17.4. The summed E-state index contributed by atoms with van der Waals surface area (Å²) in [6, 6.07) is 6.78. The number of hydrogen-bond donors (Lipinski definition) is 1. The third-order valence-electron chi connectivity index (χ3n) is 5.00. The number of carbonyl (C=O) groups is 1. The number of quaternary nitrogens is 1. The van der Waals surface area contributed by atoms with E-state index >= 15 is 0 Å². The average Bonchev–Trinajstić information content (AvgIpc) is 3.17. The van der Waals surface area contributed by atoms with Gasteiger partial charge in [0.05, 0.1) is 24.7 Å². The first-order valence-corrected chi connectivity index (χ1v) is 10.0. The van der Waals surface area contributed by atoms with E-state index in [0.717, 1.165) is 18.7 Å². The van der Waals surface area contributed by atoms with Crippen LogP contribution >= 0.6 is 0 Å². The summed E-state index contributed by atoms with van der Waals surface area (Å²) in [5, 5.41) is 0. The number of sulfonamides is 1. The molecule has 0 radical (unpaired) electrons. The Hall–Kier alpha value is -1.44. The van der Waals surface area contributed by atoms with Gasteiger partial charge in [0, 0.05) is 25.4 Å². The molecule has 2 aliphatic rings. The number of amides is 1. The largest absolute Gasteiger partial charge is 0.327 e. The van der Waals surface area contributed by atoms with Gasteiger partial charge in [0.1, 0.15) is 0 Å². The number of hydrogen-bond acceptors (Lipinski definition) is 3. The molecule has 0 bridgehead atoms. The molecule has 2 aliphatic heterocycles. The Morgan fingerprint density at radius 1 is 1.21 bits per heavy atom. The highest BCUT2D eigenvalue weighted by molar-refractivity contribution is 7.89. The predicted octanol–water partition coefficient (Wildman–Crippen LogP) is -0.147. The number of nitrogens with one attached hydrogen (secondary N) is 1. The third-order valence-corrected chi connectivity index (χ3v) is 6.81. The van der Waals surface area contributed by atoms with Gasteiger partial charge in [-0.1, -0.05) is 17.7 Å². The van der Waals surface area contributed by atoms with Crippen molar-refractivity contribution in [3.8, 4) is 0 Å². The molecule has 1 aromatic rings. The molecule has 1 atom stereocenters. The summed E-state index contributed by atoms with van der Waals surface area (Å²) in [5.41, 5.74) is 1.02. The van der Waals surface area contributed by atoms with Gasteiger partial charge in [0.15, 0.2) is 6.54 Å². The Morgan fingerprint density at radius 2 is 1.83 bits per heavy atom. The predicted molar refractivity (Wildman–Crippen MR) is 91.0 cm³/mol. The van der Waals surface area contributed by atoms with Gasteiger partial charge in [0.2, 0.25) is 10.0 Å². The van der Waals surface area contributed by atoms with E-state index in [1.807, 2.05) is 13.8 Å². The summed E-state index contributed by atoms with van der Waals surface area (Å²) >= 11 is 0. The monoisotopic (exact) mass is 352 g/mol. The second-order valence-corrected chi connectivity index (χ2v) is 8.88. The Bertz CT molecular complexity index is 696. The molecule has 1 aromatic carbocycles. The third kappa shape index (κ3) is 3.48. The number of carbonyl (C=O) groups excluding carboxylic acids is 1.